The SMILES string of the molecule is CCCCOc1cccc(C(=O)N2CCN(CCNc3cc(=O)oc4ccccc34)CC2)c1. The largest absolute Gasteiger partial charge is 0.494 e. The molecule has 2 heterocycles. The zero-order chi connectivity index (χ0) is 23.0. The molecular weight excluding hydrogens is 418 g/mol. The monoisotopic (exact) mass is 449 g/mol. The zero-order valence-electron chi connectivity index (χ0n) is 19.1. The molecule has 0 spiro atoms. The topological polar surface area (TPSA) is 75.0 Å². The number of nitrogens with one attached hydrogen (secondary N) is 1. The van der Waals surface area contributed by atoms with Crippen molar-refractivity contribution < 1.29 is 13.9 Å². The molecule has 0 bridgehead atoms. The highest BCUT2D eigenvalue weighted by atomic mass is 16.5. The molecule has 1 aliphatic rings. The number of anilines is 1. The van der Waals surface area contributed by atoms with Crippen molar-refractivity contribution in [1.82, 2.24) is 9.80 Å². The van der Waals surface area contributed by atoms with Crippen molar-refractivity contribution >= 4 is 22.6 Å². The minimum Gasteiger partial charge on any atom is -0.494 e. The van der Waals surface area contributed by atoms with E-state index < -0.39 is 0 Å². The summed E-state index contributed by atoms with van der Waals surface area (Å²) in [5.41, 5.74) is 1.69. The third kappa shape index (κ3) is 5.93. The van der Waals surface area contributed by atoms with Gasteiger partial charge in [0.1, 0.15) is 11.3 Å². The van der Waals surface area contributed by atoms with Crippen LogP contribution in [0.5, 0.6) is 5.75 Å². The summed E-state index contributed by atoms with van der Waals surface area (Å²) >= 11 is 0. The van der Waals surface area contributed by atoms with Crippen LogP contribution in [0.4, 0.5) is 5.69 Å². The molecule has 0 unspecified atom stereocenters. The Hall–Kier alpha value is -3.32. The molecule has 1 aromatic heterocycles. The number of unbranched alkanes of at least 4 members (excludes halogenated alkanes) is 1. The number of para-hydroxylation sites is 1. The number of amides is 1. The van der Waals surface area contributed by atoms with Crippen LogP contribution in [0.3, 0.4) is 0 Å². The van der Waals surface area contributed by atoms with Gasteiger partial charge < -0.3 is 19.4 Å². The van der Waals surface area contributed by atoms with Gasteiger partial charge in [0.2, 0.25) is 0 Å². The summed E-state index contributed by atoms with van der Waals surface area (Å²) < 4.78 is 11.0. The molecule has 174 valence electrons. The number of rotatable bonds is 9. The Morgan fingerprint density at radius 2 is 1.88 bits per heavy atom. The highest BCUT2D eigenvalue weighted by molar-refractivity contribution is 5.94. The number of fused-ring (bicyclic) bond motifs is 1. The Bertz CT molecular complexity index is 1140. The normalized spacial score (nSPS) is 14.4. The molecular formula is C26H31N3O4. The molecule has 1 N–H and O–H groups in total. The molecule has 7 nitrogen and oxygen atoms in total. The molecule has 1 fully saturated rings. The molecule has 3 aromatic rings. The summed E-state index contributed by atoms with van der Waals surface area (Å²) in [6.07, 6.45) is 2.08. The van der Waals surface area contributed by atoms with Crippen LogP contribution in [-0.2, 0) is 0 Å². The molecule has 4 rings (SSSR count). The third-order valence-electron chi connectivity index (χ3n) is 5.90. The van der Waals surface area contributed by atoms with Gasteiger partial charge in [-0.2, -0.15) is 0 Å². The van der Waals surface area contributed by atoms with E-state index in [1.807, 2.05) is 47.4 Å². The molecule has 0 atom stereocenters. The van der Waals surface area contributed by atoms with E-state index in [-0.39, 0.29) is 11.5 Å². The van der Waals surface area contributed by atoms with E-state index in [0.29, 0.717) is 37.4 Å². The van der Waals surface area contributed by atoms with Crippen LogP contribution < -0.4 is 15.7 Å². The highest BCUT2D eigenvalue weighted by Crippen LogP contribution is 2.21. The standard InChI is InChI=1S/C26H31N3O4/c1-2-3-17-32-21-8-6-7-20(18-21)26(31)29-15-13-28(14-16-29)12-11-27-23-19-25(30)33-24-10-5-4-9-22(23)24/h4-10,18-19,27H,2-3,11-17H2,1H3. The number of nitrogens with zero attached hydrogens (tertiary/aromatic N) is 2. The smallest absolute Gasteiger partial charge is 0.338 e. The lowest BCUT2D eigenvalue weighted by atomic mass is 10.1. The highest BCUT2D eigenvalue weighted by Gasteiger charge is 2.22. The number of carbonyl (C=O) groups is 1. The maximum atomic E-state index is 12.9. The van der Waals surface area contributed by atoms with Crippen molar-refractivity contribution in [3.05, 3.63) is 70.6 Å². The number of carbonyl (C=O) groups excluding carboxylic acids is 1. The first-order valence-electron chi connectivity index (χ1n) is 11.7. The van der Waals surface area contributed by atoms with Crippen molar-refractivity contribution in [2.75, 3.05) is 51.2 Å². The number of benzene rings is 2. The molecule has 33 heavy (non-hydrogen) atoms. The van der Waals surface area contributed by atoms with Crippen molar-refractivity contribution in [3.63, 3.8) is 0 Å². The van der Waals surface area contributed by atoms with Gasteiger partial charge in [0.25, 0.3) is 5.91 Å². The van der Waals surface area contributed by atoms with Crippen LogP contribution in [0, 0.1) is 0 Å². The van der Waals surface area contributed by atoms with Crippen molar-refractivity contribution in [3.8, 4) is 5.75 Å². The van der Waals surface area contributed by atoms with Gasteiger partial charge >= 0.3 is 5.63 Å². The molecule has 0 radical (unpaired) electrons. The van der Waals surface area contributed by atoms with E-state index >= 15 is 0 Å². The fourth-order valence-corrected chi connectivity index (χ4v) is 4.02. The van der Waals surface area contributed by atoms with E-state index in [0.717, 1.165) is 49.3 Å². The number of hydrogen-bond acceptors (Lipinski definition) is 6. The lowest BCUT2D eigenvalue weighted by Crippen LogP contribution is -2.49. The lowest BCUT2D eigenvalue weighted by molar-refractivity contribution is 0.0641. The van der Waals surface area contributed by atoms with Crippen LogP contribution in [-0.4, -0.2) is 61.6 Å². The minimum atomic E-state index is -0.358. The molecule has 7 heteroatoms. The molecule has 0 aliphatic carbocycles. The third-order valence-corrected chi connectivity index (χ3v) is 5.90. The van der Waals surface area contributed by atoms with Gasteiger partial charge in [-0.15, -0.1) is 0 Å². The van der Waals surface area contributed by atoms with Crippen LogP contribution in [0.1, 0.15) is 30.1 Å². The summed E-state index contributed by atoms with van der Waals surface area (Å²) in [5.74, 6) is 0.803. The van der Waals surface area contributed by atoms with Crippen molar-refractivity contribution in [2.45, 2.75) is 19.8 Å². The summed E-state index contributed by atoms with van der Waals surface area (Å²) in [5, 5.41) is 4.26. The Morgan fingerprint density at radius 3 is 2.70 bits per heavy atom. The van der Waals surface area contributed by atoms with Gasteiger partial charge in [-0.3, -0.25) is 9.69 Å². The van der Waals surface area contributed by atoms with Crippen LogP contribution in [0.15, 0.2) is 63.8 Å². The predicted octanol–water partition coefficient (Wildman–Crippen LogP) is 3.84. The fraction of sp³-hybridized carbons (Fsp3) is 0.385. The second kappa shape index (κ2) is 11.0. The first kappa shape index (κ1) is 22.9. The van der Waals surface area contributed by atoms with Crippen molar-refractivity contribution in [1.29, 1.82) is 0 Å². The number of ether oxygens (including phenoxy) is 1. The second-order valence-corrected chi connectivity index (χ2v) is 8.27. The van der Waals surface area contributed by atoms with Gasteiger partial charge in [0.15, 0.2) is 0 Å². The molecule has 0 saturated carbocycles. The Kier molecular flexibility index (Phi) is 7.62. The van der Waals surface area contributed by atoms with E-state index in [2.05, 4.69) is 17.1 Å². The lowest BCUT2D eigenvalue weighted by Gasteiger charge is -2.34. The first-order chi connectivity index (χ1) is 16.1. The van der Waals surface area contributed by atoms with E-state index in [9.17, 15) is 9.59 Å². The average Bonchev–Trinajstić information content (AvgIpc) is 2.84. The number of piperazine rings is 1. The minimum absolute atomic E-state index is 0.0520. The average molecular weight is 450 g/mol. The fourth-order valence-electron chi connectivity index (χ4n) is 4.02. The van der Waals surface area contributed by atoms with Gasteiger partial charge in [-0.1, -0.05) is 31.5 Å². The summed E-state index contributed by atoms with van der Waals surface area (Å²) in [6.45, 7) is 7.35. The molecule has 2 aromatic carbocycles. The Labute approximate surface area is 193 Å². The van der Waals surface area contributed by atoms with Crippen LogP contribution in [0.25, 0.3) is 11.0 Å². The van der Waals surface area contributed by atoms with Crippen LogP contribution in [0.2, 0.25) is 0 Å². The van der Waals surface area contributed by atoms with E-state index in [1.165, 1.54) is 6.07 Å². The van der Waals surface area contributed by atoms with Gasteiger partial charge in [0.05, 0.1) is 12.3 Å². The summed E-state index contributed by atoms with van der Waals surface area (Å²) in [4.78, 5) is 29.0. The predicted molar refractivity (Wildman–Crippen MR) is 130 cm³/mol. The van der Waals surface area contributed by atoms with Gasteiger partial charge in [-0.05, 0) is 36.8 Å². The maximum absolute atomic E-state index is 12.9. The molecule has 1 saturated heterocycles. The maximum Gasteiger partial charge on any atom is 0.338 e. The molecule has 1 aliphatic heterocycles. The van der Waals surface area contributed by atoms with Gasteiger partial charge in [-0.25, -0.2) is 4.79 Å². The van der Waals surface area contributed by atoms with Crippen LogP contribution >= 0.6 is 0 Å². The van der Waals surface area contributed by atoms with E-state index in [1.54, 1.807) is 6.07 Å². The van der Waals surface area contributed by atoms with Gasteiger partial charge in [0, 0.05) is 56.3 Å². The zero-order valence-corrected chi connectivity index (χ0v) is 19.1. The summed E-state index contributed by atoms with van der Waals surface area (Å²) in [6, 6.07) is 16.5. The Balaban J connectivity index is 1.26. The molecule has 1 amide bonds. The summed E-state index contributed by atoms with van der Waals surface area (Å²) in [7, 11) is 0. The van der Waals surface area contributed by atoms with E-state index in [4.69, 9.17) is 9.15 Å². The second-order valence-electron chi connectivity index (χ2n) is 8.27. The Morgan fingerprint density at radius 1 is 1.06 bits per heavy atom. The van der Waals surface area contributed by atoms with Crippen molar-refractivity contribution in [2.24, 2.45) is 0 Å². The first-order valence-corrected chi connectivity index (χ1v) is 11.7. The number of hydrogen-bond donors (Lipinski definition) is 1. The quantitative estimate of drug-likeness (QED) is 0.395.